The fourth-order valence-electron chi connectivity index (χ4n) is 0.477. The van der Waals surface area contributed by atoms with E-state index in [1.165, 1.54) is 0 Å². The molecule has 0 bridgehead atoms. The van der Waals surface area contributed by atoms with Crippen LogP contribution in [0, 0.1) is 0 Å². The van der Waals surface area contributed by atoms with Crippen molar-refractivity contribution in [3.8, 4) is 0 Å². The van der Waals surface area contributed by atoms with E-state index in [2.05, 4.69) is 4.99 Å². The molecule has 0 fully saturated rings. The molecule has 0 aliphatic rings. The number of nitrogens with zero attached hydrogens (tertiary/aromatic N) is 1. The third-order valence-corrected chi connectivity index (χ3v) is 1.33. The Hall–Kier alpha value is -1.00. The van der Waals surface area contributed by atoms with E-state index in [0.717, 1.165) is 0 Å². The van der Waals surface area contributed by atoms with Gasteiger partial charge in [-0.25, -0.2) is 0 Å². The molecule has 0 aliphatic heterocycles. The topological polar surface area (TPSA) is 102 Å². The maximum absolute atomic E-state index is 10.5. The fraction of sp³-hybridized carbons (Fsp3) is 0.500. The van der Waals surface area contributed by atoms with Gasteiger partial charge < -0.3 is 16.6 Å². The van der Waals surface area contributed by atoms with E-state index in [9.17, 15) is 4.79 Å². The summed E-state index contributed by atoms with van der Waals surface area (Å²) in [5.74, 6) is -2.13. The van der Waals surface area contributed by atoms with Crippen LogP contribution >= 0.6 is 0 Å². The summed E-state index contributed by atoms with van der Waals surface area (Å²) in [7, 11) is 20.6. The van der Waals surface area contributed by atoms with Crippen molar-refractivity contribution in [3.05, 3.63) is 0 Å². The van der Waals surface area contributed by atoms with Gasteiger partial charge in [0.25, 0.3) is 5.97 Å². The summed E-state index contributed by atoms with van der Waals surface area (Å²) in [6, 6.07) is 0. The summed E-state index contributed by atoms with van der Waals surface area (Å²) in [5, 5.41) is 3.82. The smallest absolute Gasteiger partial charge is 0.293 e. The van der Waals surface area contributed by atoms with Crippen molar-refractivity contribution in [2.24, 2.45) is 16.5 Å². The Morgan fingerprint density at radius 2 is 1.62 bits per heavy atom. The van der Waals surface area contributed by atoms with Gasteiger partial charge >= 0.3 is 0 Å². The first-order valence-electron chi connectivity index (χ1n) is 3.11. The number of rotatable bonds is 3. The molecule has 0 rings (SSSR count). The first kappa shape index (κ1) is 12.0. The van der Waals surface area contributed by atoms with Crippen molar-refractivity contribution < 1.29 is 9.90 Å². The fourth-order valence-corrected chi connectivity index (χ4v) is 0.477. The molecule has 0 saturated carbocycles. The summed E-state index contributed by atoms with van der Waals surface area (Å²) in [6.07, 6.45) is 0. The minimum atomic E-state index is -2.45. The Bertz CT molecular complexity index is 248. The van der Waals surface area contributed by atoms with Crippen molar-refractivity contribution in [1.82, 2.24) is 0 Å². The van der Waals surface area contributed by atoms with Gasteiger partial charge in [-0.05, 0) is 5.34 Å². The van der Waals surface area contributed by atoms with E-state index in [4.69, 9.17) is 48.0 Å². The second-order valence-corrected chi connectivity index (χ2v) is 2.54. The molecule has 0 unspecified atom stereocenters. The monoisotopic (exact) mass is 171 g/mol. The molecule has 0 amide bonds. The average molecular weight is 170 g/mol. The lowest BCUT2D eigenvalue weighted by molar-refractivity contribution is -0.138. The second kappa shape index (κ2) is 3.39. The average Bonchev–Trinajstić information content (AvgIpc) is 1.83. The highest BCUT2D eigenvalue weighted by atomic mass is 16.4. The van der Waals surface area contributed by atoms with Crippen LogP contribution in [-0.4, -0.2) is 53.8 Å². The van der Waals surface area contributed by atoms with E-state index < -0.39 is 22.5 Å². The Balaban J connectivity index is 5.03. The molecule has 0 atom stereocenters. The second-order valence-electron chi connectivity index (χ2n) is 2.54. The lowest BCUT2D eigenvalue weighted by atomic mass is 9.34. The molecule has 0 heterocycles. The van der Waals surface area contributed by atoms with Crippen LogP contribution in [0.1, 0.15) is 0 Å². The molecule has 8 radical (unpaired) electrons. The molecule has 0 saturated heterocycles. The molecule has 0 aromatic heterocycles. The van der Waals surface area contributed by atoms with Gasteiger partial charge in [-0.1, -0.05) is 0 Å². The SMILES string of the molecule is [B]C([B])(N=C(N)N)C([B])([B])C(=O)O. The van der Waals surface area contributed by atoms with Crippen LogP contribution in [0.2, 0.25) is 5.21 Å². The van der Waals surface area contributed by atoms with Crippen molar-refractivity contribution in [2.75, 3.05) is 0 Å². The molecular weight excluding hydrogens is 165 g/mol. The lowest BCUT2D eigenvalue weighted by Crippen LogP contribution is -2.50. The minimum Gasteiger partial charge on any atom is -0.482 e. The summed E-state index contributed by atoms with van der Waals surface area (Å²) >= 11 is 0. The zero-order valence-corrected chi connectivity index (χ0v) is 6.77. The molecule has 9 heteroatoms. The van der Waals surface area contributed by atoms with E-state index in [0.29, 0.717) is 0 Å². The van der Waals surface area contributed by atoms with Crippen molar-refractivity contribution in [1.29, 1.82) is 0 Å². The zero-order chi connectivity index (χ0) is 10.9. The van der Waals surface area contributed by atoms with Crippen molar-refractivity contribution >= 4 is 43.3 Å². The molecule has 13 heavy (non-hydrogen) atoms. The molecular formula is C4H5B4N3O2. The van der Waals surface area contributed by atoms with Crippen LogP contribution in [0.25, 0.3) is 0 Å². The van der Waals surface area contributed by atoms with Gasteiger partial charge in [0.05, 0.1) is 31.4 Å². The third kappa shape index (κ3) is 2.47. The van der Waals surface area contributed by atoms with Gasteiger partial charge in [-0.3, -0.25) is 9.79 Å². The van der Waals surface area contributed by atoms with Gasteiger partial charge in [0, 0.05) is 5.21 Å². The van der Waals surface area contributed by atoms with Crippen molar-refractivity contribution in [3.63, 3.8) is 0 Å². The molecule has 60 valence electrons. The molecule has 5 nitrogen and oxygen atoms in total. The number of hydrogen-bond acceptors (Lipinski definition) is 2. The van der Waals surface area contributed by atoms with E-state index in [-0.39, 0.29) is 0 Å². The Morgan fingerprint density at radius 3 is 1.85 bits per heavy atom. The van der Waals surface area contributed by atoms with Gasteiger partial charge in [0.2, 0.25) is 0 Å². The molecule has 0 aromatic rings. The maximum atomic E-state index is 10.5. The van der Waals surface area contributed by atoms with Crippen LogP contribution in [0.15, 0.2) is 4.99 Å². The highest BCUT2D eigenvalue weighted by Gasteiger charge is 2.40. The van der Waals surface area contributed by atoms with Gasteiger partial charge in [-0.15, -0.1) is 0 Å². The van der Waals surface area contributed by atoms with Gasteiger partial charge in [0.15, 0.2) is 5.96 Å². The number of guanidine groups is 1. The normalized spacial score (nSPS) is 12.0. The number of nitrogens with two attached hydrogens (primary N) is 2. The Labute approximate surface area is 81.0 Å². The Kier molecular flexibility index (Phi) is 3.13. The first-order valence-corrected chi connectivity index (χ1v) is 3.11. The van der Waals surface area contributed by atoms with Crippen molar-refractivity contribution in [2.45, 2.75) is 10.6 Å². The lowest BCUT2D eigenvalue weighted by Gasteiger charge is -2.36. The van der Waals surface area contributed by atoms with Crippen LogP contribution in [-0.2, 0) is 4.79 Å². The van der Waals surface area contributed by atoms with E-state index in [1.807, 2.05) is 0 Å². The van der Waals surface area contributed by atoms with Gasteiger partial charge in [0.1, 0.15) is 0 Å². The van der Waals surface area contributed by atoms with Crippen LogP contribution in [0.5, 0.6) is 0 Å². The van der Waals surface area contributed by atoms with E-state index >= 15 is 0 Å². The molecule has 5 N–H and O–H groups in total. The summed E-state index contributed by atoms with van der Waals surface area (Å²) in [5.41, 5.74) is 9.88. The number of hydrogen-bond donors (Lipinski definition) is 3. The van der Waals surface area contributed by atoms with E-state index in [1.54, 1.807) is 0 Å². The summed E-state index contributed by atoms with van der Waals surface area (Å²) < 4.78 is 0. The summed E-state index contributed by atoms with van der Waals surface area (Å²) in [4.78, 5) is 13.7. The third-order valence-electron chi connectivity index (χ3n) is 1.33. The molecule has 0 aliphatic carbocycles. The predicted molar refractivity (Wildman–Crippen MR) is 51.9 cm³/mol. The molecule has 0 aromatic carbocycles. The standard InChI is InChI=1S/C4H5B4N3O2/c5-3(6,1(12)13)4(7,8)11-2(9)10/h(H,12,13)(H4,9,10,11). The number of aliphatic carboxylic acids is 1. The van der Waals surface area contributed by atoms with Crippen LogP contribution in [0.4, 0.5) is 0 Å². The van der Waals surface area contributed by atoms with Gasteiger partial charge in [-0.2, -0.15) is 0 Å². The van der Waals surface area contributed by atoms with Crippen LogP contribution < -0.4 is 11.5 Å². The first-order chi connectivity index (χ1) is 5.61. The number of carboxylic acid groups (broad SMARTS) is 1. The zero-order valence-electron chi connectivity index (χ0n) is 6.77. The number of carboxylic acids is 1. The number of aliphatic imine (C=N–C) groups is 1. The quantitative estimate of drug-likeness (QED) is 0.236. The maximum Gasteiger partial charge on any atom is 0.293 e. The highest BCUT2D eigenvalue weighted by Crippen LogP contribution is 2.30. The minimum absolute atomic E-state index is 0.508. The largest absolute Gasteiger partial charge is 0.482 e. The predicted octanol–water partition coefficient (Wildman–Crippen LogP) is -3.21. The van der Waals surface area contributed by atoms with Crippen LogP contribution in [0.3, 0.4) is 0 Å². The summed E-state index contributed by atoms with van der Waals surface area (Å²) in [6.45, 7) is 0. The Morgan fingerprint density at radius 1 is 1.23 bits per heavy atom. The highest BCUT2D eigenvalue weighted by molar-refractivity contribution is 6.61. The molecule has 0 spiro atoms. The number of carbonyl (C=O) groups is 1.